The molecule has 98 valence electrons. The van der Waals surface area contributed by atoms with Crippen LogP contribution >= 0.6 is 11.8 Å². The number of thioether (sulfide) groups is 1. The molecule has 5 nitrogen and oxygen atoms in total. The van der Waals surface area contributed by atoms with E-state index in [-0.39, 0.29) is 11.1 Å². The Kier molecular flexibility index (Phi) is 6.24. The van der Waals surface area contributed by atoms with E-state index in [0.29, 0.717) is 30.1 Å². The Labute approximate surface area is 111 Å². The molecule has 0 radical (unpaired) electrons. The van der Waals surface area contributed by atoms with Crippen LogP contribution in [0.15, 0.2) is 29.2 Å². The van der Waals surface area contributed by atoms with Crippen LogP contribution in [0, 0.1) is 0 Å². The Morgan fingerprint density at radius 1 is 1.28 bits per heavy atom. The van der Waals surface area contributed by atoms with E-state index in [1.54, 1.807) is 24.3 Å². The first-order valence-corrected chi connectivity index (χ1v) is 6.53. The third kappa shape index (κ3) is 4.38. The normalized spacial score (nSPS) is 9.89. The molecule has 1 aromatic carbocycles. The third-order valence-electron chi connectivity index (χ3n) is 2.09. The van der Waals surface area contributed by atoms with Crippen molar-refractivity contribution in [2.45, 2.75) is 11.8 Å². The number of nitrogens with one attached hydrogen (secondary N) is 2. The first-order chi connectivity index (χ1) is 8.69. The molecule has 2 amide bonds. The molecule has 6 heteroatoms. The van der Waals surface area contributed by atoms with Gasteiger partial charge < -0.3 is 16.4 Å². The van der Waals surface area contributed by atoms with Gasteiger partial charge in [0, 0.05) is 24.5 Å². The van der Waals surface area contributed by atoms with E-state index in [1.807, 2.05) is 6.92 Å². The Morgan fingerprint density at radius 3 is 2.67 bits per heavy atom. The molecule has 0 saturated carbocycles. The highest BCUT2D eigenvalue weighted by Crippen LogP contribution is 2.23. The van der Waals surface area contributed by atoms with E-state index in [0.717, 1.165) is 11.8 Å². The summed E-state index contributed by atoms with van der Waals surface area (Å²) < 4.78 is 0. The van der Waals surface area contributed by atoms with Gasteiger partial charge in [-0.2, -0.15) is 0 Å². The van der Waals surface area contributed by atoms with Crippen LogP contribution in [0.5, 0.6) is 0 Å². The first kappa shape index (κ1) is 14.5. The van der Waals surface area contributed by atoms with Crippen molar-refractivity contribution in [3.8, 4) is 0 Å². The molecule has 0 atom stereocenters. The van der Waals surface area contributed by atoms with Crippen LogP contribution in [0.3, 0.4) is 0 Å². The number of nitrogens with two attached hydrogens (primary N) is 1. The van der Waals surface area contributed by atoms with Crippen LogP contribution in [0.1, 0.15) is 17.3 Å². The average molecular weight is 267 g/mol. The van der Waals surface area contributed by atoms with E-state index >= 15 is 0 Å². The number of hydrogen-bond donors (Lipinski definition) is 3. The van der Waals surface area contributed by atoms with Crippen molar-refractivity contribution in [2.75, 3.05) is 19.6 Å². The Morgan fingerprint density at radius 2 is 2.00 bits per heavy atom. The van der Waals surface area contributed by atoms with Crippen molar-refractivity contribution in [3.05, 3.63) is 29.8 Å². The van der Waals surface area contributed by atoms with E-state index in [4.69, 9.17) is 5.73 Å². The molecular weight excluding hydrogens is 250 g/mol. The smallest absolute Gasteiger partial charge is 0.283 e. The molecular formula is C12H17N3O2S. The van der Waals surface area contributed by atoms with E-state index in [2.05, 4.69) is 10.6 Å². The highest BCUT2D eigenvalue weighted by Gasteiger charge is 2.13. The van der Waals surface area contributed by atoms with Gasteiger partial charge in [0.2, 0.25) is 0 Å². The van der Waals surface area contributed by atoms with Gasteiger partial charge in [-0.3, -0.25) is 9.59 Å². The van der Waals surface area contributed by atoms with Crippen molar-refractivity contribution >= 4 is 22.9 Å². The molecule has 0 aliphatic rings. The maximum absolute atomic E-state index is 11.9. The predicted molar refractivity (Wildman–Crippen MR) is 72.8 cm³/mol. The molecule has 1 aromatic rings. The largest absolute Gasteiger partial charge is 0.351 e. The van der Waals surface area contributed by atoms with E-state index < -0.39 is 0 Å². The minimum Gasteiger partial charge on any atom is -0.351 e. The summed E-state index contributed by atoms with van der Waals surface area (Å²) >= 11 is 1.01. The molecule has 0 unspecified atom stereocenters. The summed E-state index contributed by atoms with van der Waals surface area (Å²) in [6.45, 7) is 3.21. The number of carbonyl (C=O) groups excluding carboxylic acids is 2. The van der Waals surface area contributed by atoms with Gasteiger partial charge in [0.25, 0.3) is 11.1 Å². The lowest BCUT2D eigenvalue weighted by Crippen LogP contribution is -2.29. The molecule has 0 fully saturated rings. The summed E-state index contributed by atoms with van der Waals surface area (Å²) in [5, 5.41) is 5.19. The SMILES string of the molecule is CCNC(=O)Sc1ccccc1C(=O)NCCN. The topological polar surface area (TPSA) is 84.2 Å². The number of benzene rings is 1. The van der Waals surface area contributed by atoms with E-state index in [9.17, 15) is 9.59 Å². The maximum Gasteiger partial charge on any atom is 0.283 e. The van der Waals surface area contributed by atoms with Crippen LogP contribution in [0.4, 0.5) is 4.79 Å². The maximum atomic E-state index is 11.9. The second-order valence-corrected chi connectivity index (χ2v) is 4.48. The number of amides is 2. The molecule has 0 aromatic heterocycles. The van der Waals surface area contributed by atoms with Gasteiger partial charge in [-0.15, -0.1) is 0 Å². The standard InChI is InChI=1S/C12H17N3O2S/c1-2-14-12(17)18-10-6-4-3-5-9(10)11(16)15-8-7-13/h3-6H,2,7-8,13H2,1H3,(H,14,17)(H,15,16). The highest BCUT2D eigenvalue weighted by atomic mass is 32.2. The number of rotatable bonds is 5. The molecule has 4 N–H and O–H groups in total. The molecule has 0 bridgehead atoms. The van der Waals surface area contributed by atoms with Crippen LogP contribution in [-0.4, -0.2) is 30.8 Å². The lowest BCUT2D eigenvalue weighted by Gasteiger charge is -2.08. The van der Waals surface area contributed by atoms with Crippen molar-refractivity contribution in [3.63, 3.8) is 0 Å². The minimum absolute atomic E-state index is 0.170. The van der Waals surface area contributed by atoms with E-state index in [1.165, 1.54) is 0 Å². The fraction of sp³-hybridized carbons (Fsp3) is 0.333. The van der Waals surface area contributed by atoms with Crippen LogP contribution in [0.2, 0.25) is 0 Å². The number of carbonyl (C=O) groups is 2. The molecule has 1 rings (SSSR count). The van der Waals surface area contributed by atoms with Crippen molar-refractivity contribution < 1.29 is 9.59 Å². The lowest BCUT2D eigenvalue weighted by atomic mass is 10.2. The molecule has 18 heavy (non-hydrogen) atoms. The first-order valence-electron chi connectivity index (χ1n) is 5.72. The van der Waals surface area contributed by atoms with Gasteiger partial charge in [-0.25, -0.2) is 0 Å². The van der Waals surface area contributed by atoms with Crippen LogP contribution < -0.4 is 16.4 Å². The predicted octanol–water partition coefficient (Wildman–Crippen LogP) is 1.20. The van der Waals surface area contributed by atoms with Gasteiger partial charge >= 0.3 is 0 Å². The van der Waals surface area contributed by atoms with Crippen LogP contribution in [0.25, 0.3) is 0 Å². The molecule has 0 saturated heterocycles. The zero-order chi connectivity index (χ0) is 13.4. The second kappa shape index (κ2) is 7.73. The summed E-state index contributed by atoms with van der Waals surface area (Å²) in [5.74, 6) is -0.215. The summed E-state index contributed by atoms with van der Waals surface area (Å²) in [7, 11) is 0. The zero-order valence-corrected chi connectivity index (χ0v) is 11.0. The Hall–Kier alpha value is -1.53. The zero-order valence-electron chi connectivity index (χ0n) is 10.2. The summed E-state index contributed by atoms with van der Waals surface area (Å²) in [6.07, 6.45) is 0. The van der Waals surface area contributed by atoms with Crippen molar-refractivity contribution in [1.82, 2.24) is 10.6 Å². The Balaban J connectivity index is 2.79. The summed E-state index contributed by atoms with van der Waals surface area (Å²) in [6, 6.07) is 6.99. The van der Waals surface area contributed by atoms with Gasteiger partial charge in [-0.1, -0.05) is 12.1 Å². The molecule has 0 aliphatic carbocycles. The lowest BCUT2D eigenvalue weighted by molar-refractivity contribution is 0.0952. The fourth-order valence-corrected chi connectivity index (χ4v) is 2.14. The monoisotopic (exact) mass is 267 g/mol. The average Bonchev–Trinajstić information content (AvgIpc) is 2.37. The molecule has 0 spiro atoms. The third-order valence-corrected chi connectivity index (χ3v) is 2.99. The van der Waals surface area contributed by atoms with Gasteiger partial charge in [0.15, 0.2) is 0 Å². The summed E-state index contributed by atoms with van der Waals surface area (Å²) in [4.78, 5) is 24.0. The van der Waals surface area contributed by atoms with Gasteiger partial charge in [-0.05, 0) is 30.8 Å². The second-order valence-electron chi connectivity index (χ2n) is 3.46. The van der Waals surface area contributed by atoms with Gasteiger partial charge in [0.1, 0.15) is 0 Å². The van der Waals surface area contributed by atoms with Crippen molar-refractivity contribution in [2.24, 2.45) is 5.73 Å². The fourth-order valence-electron chi connectivity index (χ4n) is 1.30. The van der Waals surface area contributed by atoms with Gasteiger partial charge in [0.05, 0.1) is 5.56 Å². The minimum atomic E-state index is -0.215. The quantitative estimate of drug-likeness (QED) is 0.700. The summed E-state index contributed by atoms with van der Waals surface area (Å²) in [5.41, 5.74) is 5.82. The number of hydrogen-bond acceptors (Lipinski definition) is 4. The molecule has 0 aliphatic heterocycles. The highest BCUT2D eigenvalue weighted by molar-refractivity contribution is 8.13. The van der Waals surface area contributed by atoms with Crippen molar-refractivity contribution in [1.29, 1.82) is 0 Å². The molecule has 0 heterocycles. The Bertz CT molecular complexity index is 424. The van der Waals surface area contributed by atoms with Crippen LogP contribution in [-0.2, 0) is 0 Å².